The van der Waals surface area contributed by atoms with E-state index in [0.717, 1.165) is 5.56 Å². The number of hydrogen-bond donors (Lipinski definition) is 1. The third kappa shape index (κ3) is 4.08. The van der Waals surface area contributed by atoms with Gasteiger partial charge in [-0.15, -0.1) is 0 Å². The molecule has 146 valence electrons. The number of anilines is 1. The lowest BCUT2D eigenvalue weighted by Crippen LogP contribution is -2.15. The summed E-state index contributed by atoms with van der Waals surface area (Å²) in [5.41, 5.74) is 0.702. The number of halogens is 3. The van der Waals surface area contributed by atoms with Gasteiger partial charge < -0.3 is 9.73 Å². The van der Waals surface area contributed by atoms with Gasteiger partial charge in [0, 0.05) is 17.3 Å². The Morgan fingerprint density at radius 2 is 1.61 bits per heavy atom. The first-order valence-electron chi connectivity index (χ1n) is 8.52. The Hall–Kier alpha value is -3.09. The first kappa shape index (κ1) is 19.7. The normalized spacial score (nSPS) is 12.2. The molecule has 0 unspecified atom stereocenters. The summed E-state index contributed by atoms with van der Waals surface area (Å²) in [7, 11) is 0. The van der Waals surface area contributed by atoms with Crippen molar-refractivity contribution < 1.29 is 22.4 Å². The number of hydrogen-bond acceptors (Lipinski definition) is 3. The molecule has 28 heavy (non-hydrogen) atoms. The fourth-order valence-corrected chi connectivity index (χ4v) is 2.70. The van der Waals surface area contributed by atoms with Crippen molar-refractivity contribution >= 4 is 22.6 Å². The molecule has 1 heterocycles. The second kappa shape index (κ2) is 6.82. The predicted octanol–water partition coefficient (Wildman–Crippen LogP) is 5.36. The minimum atomic E-state index is -4.75. The van der Waals surface area contributed by atoms with Gasteiger partial charge in [0.05, 0.1) is 5.39 Å². The molecule has 2 aromatic carbocycles. The van der Waals surface area contributed by atoms with E-state index in [1.54, 1.807) is 12.1 Å². The van der Waals surface area contributed by atoms with Gasteiger partial charge >= 0.3 is 6.18 Å². The summed E-state index contributed by atoms with van der Waals surface area (Å²) < 4.78 is 43.0. The summed E-state index contributed by atoms with van der Waals surface area (Å²) in [5.74, 6) is -1.75. The molecule has 0 saturated heterocycles. The molecule has 1 N–H and O–H groups in total. The van der Waals surface area contributed by atoms with Gasteiger partial charge in [0.15, 0.2) is 5.43 Å². The largest absolute Gasteiger partial charge is 0.451 e. The van der Waals surface area contributed by atoms with Crippen molar-refractivity contribution in [3.05, 3.63) is 75.6 Å². The third-order valence-corrected chi connectivity index (χ3v) is 4.28. The summed E-state index contributed by atoms with van der Waals surface area (Å²) in [4.78, 5) is 24.4. The lowest BCUT2D eigenvalue weighted by molar-refractivity contribution is -0.152. The molecule has 1 amide bonds. The fraction of sp³-hybridized carbons (Fsp3) is 0.238. The van der Waals surface area contributed by atoms with Crippen LogP contribution in [0.25, 0.3) is 11.0 Å². The van der Waals surface area contributed by atoms with Crippen LogP contribution >= 0.6 is 0 Å². The van der Waals surface area contributed by atoms with E-state index in [2.05, 4.69) is 26.1 Å². The molecule has 0 aliphatic rings. The molecular formula is C21H18F3NO3. The van der Waals surface area contributed by atoms with Crippen molar-refractivity contribution in [2.45, 2.75) is 32.4 Å². The average Bonchev–Trinajstić information content (AvgIpc) is 2.60. The minimum Gasteiger partial charge on any atom is -0.451 e. The van der Waals surface area contributed by atoms with Crippen LogP contribution in [0.2, 0.25) is 0 Å². The molecule has 4 nitrogen and oxygen atoms in total. The lowest BCUT2D eigenvalue weighted by Gasteiger charge is -2.19. The highest BCUT2D eigenvalue weighted by Gasteiger charge is 2.34. The molecule has 3 aromatic rings. The maximum Gasteiger partial charge on any atom is 0.449 e. The van der Waals surface area contributed by atoms with E-state index < -0.39 is 23.3 Å². The second-order valence-corrected chi connectivity index (χ2v) is 7.47. The number of carbonyl (C=O) groups is 1. The van der Waals surface area contributed by atoms with Crippen molar-refractivity contribution in [1.82, 2.24) is 0 Å². The standard InChI is InChI=1S/C21H18F3NO3/c1-20(2,3)13-6-4-12(5-7-13)19(27)25-14-8-9-17-15(10-14)16(26)11-18(28-17)21(22,23)24/h4-11H,1-3H3,(H,25,27). The van der Waals surface area contributed by atoms with Crippen molar-refractivity contribution in [1.29, 1.82) is 0 Å². The Morgan fingerprint density at radius 1 is 0.964 bits per heavy atom. The minimum absolute atomic E-state index is 0.0450. The van der Waals surface area contributed by atoms with Crippen LogP contribution in [-0.2, 0) is 11.6 Å². The SMILES string of the molecule is CC(C)(C)c1ccc(C(=O)Nc2ccc3oc(C(F)(F)F)cc(=O)c3c2)cc1. The average molecular weight is 389 g/mol. The number of carbonyl (C=O) groups excluding carboxylic acids is 1. The van der Waals surface area contributed by atoms with Gasteiger partial charge in [0.2, 0.25) is 5.76 Å². The van der Waals surface area contributed by atoms with E-state index in [0.29, 0.717) is 11.6 Å². The highest BCUT2D eigenvalue weighted by molar-refractivity contribution is 6.05. The predicted molar refractivity (Wildman–Crippen MR) is 101 cm³/mol. The summed E-state index contributed by atoms with van der Waals surface area (Å²) in [6.07, 6.45) is -4.75. The van der Waals surface area contributed by atoms with E-state index >= 15 is 0 Å². The van der Waals surface area contributed by atoms with Gasteiger partial charge in [-0.05, 0) is 41.3 Å². The maximum absolute atomic E-state index is 12.7. The third-order valence-electron chi connectivity index (χ3n) is 4.28. The van der Waals surface area contributed by atoms with Gasteiger partial charge in [-0.2, -0.15) is 13.2 Å². The van der Waals surface area contributed by atoms with Crippen LogP contribution in [0.3, 0.4) is 0 Å². The van der Waals surface area contributed by atoms with Crippen molar-refractivity contribution in [3.8, 4) is 0 Å². The van der Waals surface area contributed by atoms with Crippen LogP contribution in [0.4, 0.5) is 18.9 Å². The molecule has 0 fully saturated rings. The smallest absolute Gasteiger partial charge is 0.449 e. The zero-order valence-electron chi connectivity index (χ0n) is 15.5. The van der Waals surface area contributed by atoms with Gasteiger partial charge in [-0.25, -0.2) is 0 Å². The number of amides is 1. The van der Waals surface area contributed by atoms with Crippen molar-refractivity contribution in [2.75, 3.05) is 5.32 Å². The molecule has 0 aliphatic carbocycles. The Balaban J connectivity index is 1.87. The Morgan fingerprint density at radius 3 is 2.18 bits per heavy atom. The van der Waals surface area contributed by atoms with Crippen LogP contribution in [0.1, 0.15) is 42.5 Å². The molecule has 0 spiro atoms. The summed E-state index contributed by atoms with van der Waals surface area (Å²) in [6.45, 7) is 6.19. The molecule has 7 heteroatoms. The number of benzene rings is 2. The highest BCUT2D eigenvalue weighted by Crippen LogP contribution is 2.30. The quantitative estimate of drug-likeness (QED) is 0.642. The second-order valence-electron chi connectivity index (χ2n) is 7.47. The monoisotopic (exact) mass is 389 g/mol. The number of fused-ring (bicyclic) bond motifs is 1. The van der Waals surface area contributed by atoms with Crippen LogP contribution in [0.15, 0.2) is 57.7 Å². The summed E-state index contributed by atoms with van der Waals surface area (Å²) in [5, 5.41) is 2.59. The number of alkyl halides is 3. The first-order chi connectivity index (χ1) is 12.9. The molecule has 0 bridgehead atoms. The molecule has 1 aromatic heterocycles. The Bertz CT molecular complexity index is 1090. The molecule has 0 atom stereocenters. The van der Waals surface area contributed by atoms with E-state index in [1.807, 2.05) is 12.1 Å². The highest BCUT2D eigenvalue weighted by atomic mass is 19.4. The van der Waals surface area contributed by atoms with Crippen LogP contribution < -0.4 is 10.7 Å². The Kier molecular flexibility index (Phi) is 4.79. The zero-order chi connectivity index (χ0) is 20.7. The van der Waals surface area contributed by atoms with E-state index in [9.17, 15) is 22.8 Å². The van der Waals surface area contributed by atoms with Crippen LogP contribution in [0.5, 0.6) is 0 Å². The van der Waals surface area contributed by atoms with Gasteiger partial charge in [-0.1, -0.05) is 32.9 Å². The maximum atomic E-state index is 12.7. The van der Waals surface area contributed by atoms with Gasteiger partial charge in [0.25, 0.3) is 5.91 Å². The topological polar surface area (TPSA) is 59.3 Å². The number of rotatable bonds is 2. The van der Waals surface area contributed by atoms with Gasteiger partial charge in [-0.3, -0.25) is 9.59 Å². The summed E-state index contributed by atoms with van der Waals surface area (Å²) >= 11 is 0. The summed E-state index contributed by atoms with van der Waals surface area (Å²) in [6, 6.07) is 11.4. The molecule has 0 aliphatic heterocycles. The number of nitrogens with one attached hydrogen (secondary N) is 1. The molecule has 0 saturated carbocycles. The molecule has 0 radical (unpaired) electrons. The van der Waals surface area contributed by atoms with Crippen LogP contribution in [-0.4, -0.2) is 5.91 Å². The Labute approximate surface area is 159 Å². The van der Waals surface area contributed by atoms with Crippen molar-refractivity contribution in [2.24, 2.45) is 0 Å². The fourth-order valence-electron chi connectivity index (χ4n) is 2.70. The van der Waals surface area contributed by atoms with Crippen LogP contribution in [0, 0.1) is 0 Å². The van der Waals surface area contributed by atoms with E-state index in [-0.39, 0.29) is 22.1 Å². The lowest BCUT2D eigenvalue weighted by atomic mass is 9.87. The van der Waals surface area contributed by atoms with Crippen molar-refractivity contribution in [3.63, 3.8) is 0 Å². The first-order valence-corrected chi connectivity index (χ1v) is 8.52. The molecule has 3 rings (SSSR count). The van der Waals surface area contributed by atoms with E-state index in [1.165, 1.54) is 18.2 Å². The zero-order valence-corrected chi connectivity index (χ0v) is 15.5. The van der Waals surface area contributed by atoms with Gasteiger partial charge in [0.1, 0.15) is 5.58 Å². The van der Waals surface area contributed by atoms with E-state index in [4.69, 9.17) is 4.42 Å². The molecular weight excluding hydrogens is 371 g/mol.